The predicted octanol–water partition coefficient (Wildman–Crippen LogP) is -0.271. The fraction of sp³-hybridized carbons (Fsp3) is 0.750. The SMILES string of the molecule is CNC(=O)CN(CC(N)=S)C(C)C. The number of hydrogen-bond donors (Lipinski definition) is 2. The summed E-state index contributed by atoms with van der Waals surface area (Å²) in [6.45, 7) is 4.83. The van der Waals surface area contributed by atoms with Crippen LogP contribution in [0.1, 0.15) is 13.8 Å². The lowest BCUT2D eigenvalue weighted by Gasteiger charge is -2.24. The monoisotopic (exact) mass is 203 g/mol. The van der Waals surface area contributed by atoms with Gasteiger partial charge in [0.2, 0.25) is 5.91 Å². The molecule has 0 aliphatic heterocycles. The summed E-state index contributed by atoms with van der Waals surface area (Å²) in [6.07, 6.45) is 0. The van der Waals surface area contributed by atoms with Crippen LogP contribution in [0, 0.1) is 0 Å². The van der Waals surface area contributed by atoms with Crippen molar-refractivity contribution in [1.82, 2.24) is 10.2 Å². The first kappa shape index (κ1) is 12.3. The van der Waals surface area contributed by atoms with Crippen molar-refractivity contribution in [1.29, 1.82) is 0 Å². The zero-order chi connectivity index (χ0) is 10.4. The van der Waals surface area contributed by atoms with Crippen molar-refractivity contribution in [2.45, 2.75) is 19.9 Å². The van der Waals surface area contributed by atoms with E-state index < -0.39 is 0 Å². The molecule has 3 N–H and O–H groups in total. The predicted molar refractivity (Wildman–Crippen MR) is 57.6 cm³/mol. The van der Waals surface area contributed by atoms with Crippen LogP contribution in [0.5, 0.6) is 0 Å². The standard InChI is InChI=1S/C8H17N3OS/c1-6(2)11(4-7(9)13)5-8(12)10-3/h6H,4-5H2,1-3H3,(H2,9,13)(H,10,12). The van der Waals surface area contributed by atoms with E-state index in [0.29, 0.717) is 18.1 Å². The summed E-state index contributed by atoms with van der Waals surface area (Å²) in [6, 6.07) is 0.263. The lowest BCUT2D eigenvalue weighted by molar-refractivity contribution is -0.121. The summed E-state index contributed by atoms with van der Waals surface area (Å²) < 4.78 is 0. The Kier molecular flexibility index (Phi) is 5.57. The van der Waals surface area contributed by atoms with E-state index in [1.165, 1.54) is 0 Å². The van der Waals surface area contributed by atoms with Gasteiger partial charge in [0.1, 0.15) is 0 Å². The molecule has 0 fully saturated rings. The first-order valence-electron chi connectivity index (χ1n) is 4.20. The number of thiocarbonyl (C=S) groups is 1. The Morgan fingerprint density at radius 1 is 1.54 bits per heavy atom. The Balaban J connectivity index is 4.09. The largest absolute Gasteiger partial charge is 0.392 e. The molecule has 0 unspecified atom stereocenters. The van der Waals surface area contributed by atoms with Gasteiger partial charge in [-0.2, -0.15) is 0 Å². The van der Waals surface area contributed by atoms with E-state index in [4.69, 9.17) is 18.0 Å². The average Bonchev–Trinajstić information content (AvgIpc) is 2.02. The van der Waals surface area contributed by atoms with E-state index in [-0.39, 0.29) is 11.9 Å². The van der Waals surface area contributed by atoms with Gasteiger partial charge in [0.25, 0.3) is 0 Å². The summed E-state index contributed by atoms with van der Waals surface area (Å²) in [5.74, 6) is -0.0232. The molecule has 0 spiro atoms. The smallest absolute Gasteiger partial charge is 0.233 e. The van der Waals surface area contributed by atoms with Crippen LogP contribution >= 0.6 is 12.2 Å². The molecule has 0 aromatic heterocycles. The lowest BCUT2D eigenvalue weighted by Crippen LogP contribution is -2.43. The summed E-state index contributed by atoms with van der Waals surface area (Å²) in [5.41, 5.74) is 5.41. The molecule has 0 aliphatic rings. The second-order valence-corrected chi connectivity index (χ2v) is 3.66. The Hall–Kier alpha value is -0.680. The lowest BCUT2D eigenvalue weighted by atomic mass is 10.3. The summed E-state index contributed by atoms with van der Waals surface area (Å²) in [7, 11) is 1.61. The fourth-order valence-corrected chi connectivity index (χ4v) is 1.05. The van der Waals surface area contributed by atoms with Crippen molar-refractivity contribution < 1.29 is 4.79 Å². The highest BCUT2D eigenvalue weighted by Gasteiger charge is 2.13. The normalized spacial score (nSPS) is 10.5. The van der Waals surface area contributed by atoms with Crippen LogP contribution in [0.3, 0.4) is 0 Å². The number of amides is 1. The molecule has 0 aliphatic carbocycles. The number of hydrogen-bond acceptors (Lipinski definition) is 3. The van der Waals surface area contributed by atoms with Gasteiger partial charge >= 0.3 is 0 Å². The van der Waals surface area contributed by atoms with Crippen molar-refractivity contribution in [3.8, 4) is 0 Å². The molecule has 0 radical (unpaired) electrons. The van der Waals surface area contributed by atoms with Gasteiger partial charge < -0.3 is 11.1 Å². The van der Waals surface area contributed by atoms with Crippen LogP contribution in [0.25, 0.3) is 0 Å². The van der Waals surface area contributed by atoms with E-state index in [1.807, 2.05) is 18.7 Å². The minimum atomic E-state index is -0.0232. The van der Waals surface area contributed by atoms with Crippen LogP contribution < -0.4 is 11.1 Å². The van der Waals surface area contributed by atoms with E-state index in [1.54, 1.807) is 7.05 Å². The number of nitrogens with zero attached hydrogens (tertiary/aromatic N) is 1. The van der Waals surface area contributed by atoms with Crippen LogP contribution in [0.2, 0.25) is 0 Å². The minimum absolute atomic E-state index is 0.0232. The molecule has 1 amide bonds. The highest BCUT2D eigenvalue weighted by Crippen LogP contribution is 1.96. The molecule has 0 aromatic carbocycles. The third kappa shape index (κ3) is 5.54. The molecular weight excluding hydrogens is 186 g/mol. The van der Waals surface area contributed by atoms with Gasteiger partial charge in [-0.25, -0.2) is 0 Å². The van der Waals surface area contributed by atoms with Gasteiger partial charge in [-0.05, 0) is 13.8 Å². The van der Waals surface area contributed by atoms with E-state index >= 15 is 0 Å². The van der Waals surface area contributed by atoms with E-state index in [2.05, 4.69) is 5.32 Å². The number of carbonyl (C=O) groups is 1. The number of carbonyl (C=O) groups excluding carboxylic acids is 1. The number of nitrogens with two attached hydrogens (primary N) is 1. The highest BCUT2D eigenvalue weighted by molar-refractivity contribution is 7.80. The second kappa shape index (κ2) is 5.88. The number of rotatable bonds is 5. The summed E-state index contributed by atoms with van der Waals surface area (Å²) >= 11 is 4.78. The topological polar surface area (TPSA) is 58.4 Å². The Morgan fingerprint density at radius 3 is 2.38 bits per heavy atom. The average molecular weight is 203 g/mol. The second-order valence-electron chi connectivity index (χ2n) is 3.14. The van der Waals surface area contributed by atoms with Crippen molar-refractivity contribution in [2.24, 2.45) is 5.73 Å². The van der Waals surface area contributed by atoms with Crippen LogP contribution in [0.15, 0.2) is 0 Å². The maximum atomic E-state index is 11.1. The maximum absolute atomic E-state index is 11.1. The van der Waals surface area contributed by atoms with E-state index in [0.717, 1.165) is 0 Å². The molecule has 0 saturated carbocycles. The zero-order valence-electron chi connectivity index (χ0n) is 8.33. The third-order valence-electron chi connectivity index (χ3n) is 1.71. The first-order valence-corrected chi connectivity index (χ1v) is 4.61. The third-order valence-corrected chi connectivity index (χ3v) is 1.84. The Morgan fingerprint density at radius 2 is 2.08 bits per heavy atom. The molecule has 76 valence electrons. The quantitative estimate of drug-likeness (QED) is 0.604. The van der Waals surface area contributed by atoms with Crippen molar-refractivity contribution in [3.63, 3.8) is 0 Å². The summed E-state index contributed by atoms with van der Waals surface area (Å²) in [5, 5.41) is 2.56. The van der Waals surface area contributed by atoms with Crippen LogP contribution in [0.4, 0.5) is 0 Å². The minimum Gasteiger partial charge on any atom is -0.392 e. The van der Waals surface area contributed by atoms with Gasteiger partial charge in [0.05, 0.1) is 11.5 Å². The Labute approximate surface area is 84.5 Å². The molecule has 4 nitrogen and oxygen atoms in total. The molecule has 0 saturated heterocycles. The fourth-order valence-electron chi connectivity index (χ4n) is 0.885. The van der Waals surface area contributed by atoms with Crippen molar-refractivity contribution in [2.75, 3.05) is 20.1 Å². The maximum Gasteiger partial charge on any atom is 0.233 e. The molecule has 0 heterocycles. The summed E-state index contributed by atoms with van der Waals surface area (Å²) in [4.78, 5) is 13.4. The first-order chi connectivity index (χ1) is 5.97. The molecule has 0 bridgehead atoms. The number of nitrogens with one attached hydrogen (secondary N) is 1. The van der Waals surface area contributed by atoms with Crippen LogP contribution in [-0.2, 0) is 4.79 Å². The zero-order valence-corrected chi connectivity index (χ0v) is 9.15. The van der Waals surface area contributed by atoms with Gasteiger partial charge in [-0.1, -0.05) is 12.2 Å². The Bertz CT molecular complexity index is 194. The molecule has 0 rings (SSSR count). The molecule has 0 atom stereocenters. The van der Waals surface area contributed by atoms with Gasteiger partial charge in [0.15, 0.2) is 0 Å². The van der Waals surface area contributed by atoms with Crippen molar-refractivity contribution >= 4 is 23.1 Å². The van der Waals surface area contributed by atoms with Crippen molar-refractivity contribution in [3.05, 3.63) is 0 Å². The number of likely N-dealkylation sites (N-methyl/N-ethyl adjacent to an activating group) is 1. The van der Waals surface area contributed by atoms with Gasteiger partial charge in [-0.15, -0.1) is 0 Å². The molecule has 5 heteroatoms. The highest BCUT2D eigenvalue weighted by atomic mass is 32.1. The molecule has 13 heavy (non-hydrogen) atoms. The molecule has 0 aromatic rings. The molecular formula is C8H17N3OS. The van der Waals surface area contributed by atoms with Gasteiger partial charge in [-0.3, -0.25) is 9.69 Å². The van der Waals surface area contributed by atoms with E-state index in [9.17, 15) is 4.79 Å². The van der Waals surface area contributed by atoms with Gasteiger partial charge in [0, 0.05) is 19.6 Å². The van der Waals surface area contributed by atoms with Crippen LogP contribution in [-0.4, -0.2) is 42.0 Å².